The van der Waals surface area contributed by atoms with E-state index in [0.29, 0.717) is 49.9 Å². The first-order valence-corrected chi connectivity index (χ1v) is 13.5. The van der Waals surface area contributed by atoms with Gasteiger partial charge < -0.3 is 14.8 Å². The number of rotatable bonds is 6. The lowest BCUT2D eigenvalue weighted by molar-refractivity contribution is 0.0967. The average molecular weight is 618 g/mol. The number of nitrogens with one attached hydrogen (secondary N) is 2. The maximum absolute atomic E-state index is 12.4. The lowest BCUT2D eigenvalue weighted by Gasteiger charge is -2.19. The minimum Gasteiger partial charge on any atom is -0.455 e. The molecule has 40 heavy (non-hydrogen) atoms. The minimum absolute atomic E-state index is 0.0105. The Bertz CT molecular complexity index is 1570. The molecule has 0 aliphatic heterocycles. The van der Waals surface area contributed by atoms with Crippen LogP contribution in [0.2, 0.25) is 20.1 Å². The molecule has 0 bridgehead atoms. The molecule has 6 nitrogen and oxygen atoms in total. The number of carbonyl (C=O) groups excluding carboxylic acids is 2. The fourth-order valence-corrected chi connectivity index (χ4v) is 5.00. The third-order valence-corrected chi connectivity index (χ3v) is 7.57. The van der Waals surface area contributed by atoms with Gasteiger partial charge in [0.25, 0.3) is 5.91 Å². The molecule has 0 atom stereocenters. The summed E-state index contributed by atoms with van der Waals surface area (Å²) in [7, 11) is 0. The first kappa shape index (κ1) is 29.6. The Morgan fingerprint density at radius 1 is 0.725 bits per heavy atom. The van der Waals surface area contributed by atoms with Crippen molar-refractivity contribution in [2.45, 2.75) is 27.7 Å². The van der Waals surface area contributed by atoms with Crippen molar-refractivity contribution in [2.24, 2.45) is 0 Å². The average Bonchev–Trinajstić information content (AvgIpc) is 2.90. The number of benzene rings is 4. The van der Waals surface area contributed by atoms with Crippen LogP contribution in [0.15, 0.2) is 60.7 Å². The zero-order chi connectivity index (χ0) is 29.1. The second kappa shape index (κ2) is 12.4. The summed E-state index contributed by atoms with van der Waals surface area (Å²) in [5, 5.41) is 5.79. The van der Waals surface area contributed by atoms with Crippen LogP contribution in [0.1, 0.15) is 32.6 Å². The van der Waals surface area contributed by atoms with E-state index >= 15 is 0 Å². The topological polar surface area (TPSA) is 76.7 Å². The predicted octanol–water partition coefficient (Wildman–Crippen LogP) is 10.1. The van der Waals surface area contributed by atoms with Crippen LogP contribution < -0.4 is 20.1 Å². The van der Waals surface area contributed by atoms with E-state index in [9.17, 15) is 9.59 Å². The van der Waals surface area contributed by atoms with Gasteiger partial charge in [0.2, 0.25) is 0 Å². The largest absolute Gasteiger partial charge is 0.455 e. The van der Waals surface area contributed by atoms with Gasteiger partial charge in [0, 0.05) is 16.8 Å². The van der Waals surface area contributed by atoms with Gasteiger partial charge in [0.1, 0.15) is 11.5 Å². The molecule has 0 fully saturated rings. The molecule has 0 aliphatic rings. The highest BCUT2D eigenvalue weighted by Gasteiger charge is 2.22. The Hall–Kier alpha value is -3.42. The lowest BCUT2D eigenvalue weighted by Crippen LogP contribution is -2.34. The van der Waals surface area contributed by atoms with Crippen molar-refractivity contribution in [3.63, 3.8) is 0 Å². The number of amides is 3. The van der Waals surface area contributed by atoms with Crippen LogP contribution in [0.25, 0.3) is 0 Å². The van der Waals surface area contributed by atoms with Gasteiger partial charge in [0.05, 0.1) is 25.7 Å². The Morgan fingerprint density at radius 3 is 1.88 bits per heavy atom. The second-order valence-electron chi connectivity index (χ2n) is 9.04. The van der Waals surface area contributed by atoms with Gasteiger partial charge in [-0.25, -0.2) is 4.79 Å². The molecule has 0 radical (unpaired) electrons. The van der Waals surface area contributed by atoms with E-state index in [1.807, 2.05) is 39.0 Å². The van der Waals surface area contributed by atoms with Crippen LogP contribution in [-0.2, 0) is 0 Å². The number of aryl methyl sites for hydroxylation is 2. The highest BCUT2D eigenvalue weighted by molar-refractivity contribution is 6.40. The van der Waals surface area contributed by atoms with Gasteiger partial charge in [-0.1, -0.05) is 70.2 Å². The third-order valence-electron chi connectivity index (χ3n) is 6.03. The molecule has 4 rings (SSSR count). The smallest absolute Gasteiger partial charge is 0.326 e. The van der Waals surface area contributed by atoms with Crippen LogP contribution in [0.4, 0.5) is 10.5 Å². The SMILES string of the molecule is Cc1ccc(Oc2c(C)c(Cl)c(Oc3ccc(NC(=O)NC(=O)c4c(Cl)cccc4Cl)cc3)c(C)c2Cl)c(C)c1. The second-order valence-corrected chi connectivity index (χ2v) is 10.6. The zero-order valence-electron chi connectivity index (χ0n) is 21.9. The van der Waals surface area contributed by atoms with E-state index in [1.165, 1.54) is 12.1 Å². The van der Waals surface area contributed by atoms with Crippen molar-refractivity contribution in [3.8, 4) is 23.0 Å². The van der Waals surface area contributed by atoms with Crippen LogP contribution in [0, 0.1) is 27.7 Å². The van der Waals surface area contributed by atoms with Gasteiger partial charge in [-0.05, 0) is 75.7 Å². The minimum atomic E-state index is -0.754. The quantitative estimate of drug-likeness (QED) is 0.226. The number of anilines is 1. The van der Waals surface area contributed by atoms with E-state index in [0.717, 1.165) is 11.1 Å². The summed E-state index contributed by atoms with van der Waals surface area (Å²) in [6.07, 6.45) is 0. The van der Waals surface area contributed by atoms with E-state index in [-0.39, 0.29) is 15.6 Å². The summed E-state index contributed by atoms with van der Waals surface area (Å²) in [6, 6.07) is 16.2. The zero-order valence-corrected chi connectivity index (χ0v) is 24.9. The van der Waals surface area contributed by atoms with Crippen molar-refractivity contribution in [1.82, 2.24) is 5.32 Å². The fraction of sp³-hybridized carbons (Fsp3) is 0.133. The number of hydrogen-bond acceptors (Lipinski definition) is 4. The number of urea groups is 1. The summed E-state index contributed by atoms with van der Waals surface area (Å²) in [5.74, 6) is 1.26. The maximum Gasteiger partial charge on any atom is 0.326 e. The Labute approximate surface area is 252 Å². The number of halogens is 4. The molecule has 0 saturated heterocycles. The summed E-state index contributed by atoms with van der Waals surface area (Å²) in [6.45, 7) is 7.58. The number of imide groups is 1. The molecule has 0 aliphatic carbocycles. The van der Waals surface area contributed by atoms with E-state index < -0.39 is 11.9 Å². The molecule has 4 aromatic carbocycles. The van der Waals surface area contributed by atoms with E-state index in [1.54, 1.807) is 37.3 Å². The Morgan fingerprint density at radius 2 is 1.30 bits per heavy atom. The lowest BCUT2D eigenvalue weighted by atomic mass is 10.1. The molecular formula is C30H24Cl4N2O4. The summed E-state index contributed by atoms with van der Waals surface area (Å²) in [4.78, 5) is 24.8. The summed E-state index contributed by atoms with van der Waals surface area (Å²) < 4.78 is 12.2. The molecule has 0 spiro atoms. The van der Waals surface area contributed by atoms with Crippen molar-refractivity contribution >= 4 is 64.0 Å². The summed E-state index contributed by atoms with van der Waals surface area (Å²) in [5.41, 5.74) is 3.77. The molecule has 3 amide bonds. The van der Waals surface area contributed by atoms with Crippen LogP contribution in [-0.4, -0.2) is 11.9 Å². The maximum atomic E-state index is 12.4. The van der Waals surface area contributed by atoms with Gasteiger partial charge in [0.15, 0.2) is 11.5 Å². The number of carbonyl (C=O) groups is 2. The highest BCUT2D eigenvalue weighted by atomic mass is 35.5. The Balaban J connectivity index is 1.47. The highest BCUT2D eigenvalue weighted by Crippen LogP contribution is 2.47. The fourth-order valence-electron chi connectivity index (χ4n) is 3.90. The van der Waals surface area contributed by atoms with Crippen molar-refractivity contribution in [3.05, 3.63) is 109 Å². The Kier molecular flexibility index (Phi) is 9.16. The van der Waals surface area contributed by atoms with Crippen molar-refractivity contribution in [2.75, 3.05) is 5.32 Å². The molecule has 10 heteroatoms. The van der Waals surface area contributed by atoms with Gasteiger partial charge in [-0.15, -0.1) is 0 Å². The molecule has 206 valence electrons. The first-order chi connectivity index (χ1) is 19.0. The molecule has 0 aromatic heterocycles. The number of hydrogen-bond donors (Lipinski definition) is 2. The van der Waals surface area contributed by atoms with Crippen molar-refractivity contribution < 1.29 is 19.1 Å². The van der Waals surface area contributed by atoms with E-state index in [2.05, 4.69) is 10.6 Å². The third kappa shape index (κ3) is 6.48. The summed E-state index contributed by atoms with van der Waals surface area (Å²) >= 11 is 25.5. The van der Waals surface area contributed by atoms with Crippen LogP contribution in [0.5, 0.6) is 23.0 Å². The molecular weight excluding hydrogens is 594 g/mol. The van der Waals surface area contributed by atoms with Gasteiger partial charge in [-0.2, -0.15) is 0 Å². The first-order valence-electron chi connectivity index (χ1n) is 12.0. The molecule has 2 N–H and O–H groups in total. The van der Waals surface area contributed by atoms with Crippen LogP contribution in [0.3, 0.4) is 0 Å². The van der Waals surface area contributed by atoms with Crippen molar-refractivity contribution in [1.29, 1.82) is 0 Å². The van der Waals surface area contributed by atoms with Gasteiger partial charge in [-0.3, -0.25) is 10.1 Å². The normalized spacial score (nSPS) is 10.7. The van der Waals surface area contributed by atoms with Crippen LogP contribution >= 0.6 is 46.4 Å². The molecule has 4 aromatic rings. The molecule has 0 saturated carbocycles. The van der Waals surface area contributed by atoms with E-state index in [4.69, 9.17) is 55.9 Å². The number of ether oxygens (including phenoxy) is 2. The van der Waals surface area contributed by atoms with Gasteiger partial charge >= 0.3 is 6.03 Å². The standard InChI is InChI=1S/C30H24Cl4N2O4/c1-15-8-13-23(16(2)14-15)40-28-18(4)25(33)27(17(3)26(28)34)39-20-11-9-19(10-12-20)35-30(38)36-29(37)24-21(31)6-5-7-22(24)32/h5-14H,1-4H3,(H2,35,36,37,38). The molecule has 0 unspecified atom stereocenters. The monoisotopic (exact) mass is 616 g/mol. The molecule has 0 heterocycles. The predicted molar refractivity (Wildman–Crippen MR) is 161 cm³/mol.